The minimum Gasteiger partial charge on any atom is -0.310 e. The summed E-state index contributed by atoms with van der Waals surface area (Å²) < 4.78 is 9.94. The Kier molecular flexibility index (Phi) is 18.0. The number of aromatic nitrogens is 2. The average molecular weight is 1660 g/mol. The van der Waals surface area contributed by atoms with Gasteiger partial charge in [0.15, 0.2) is 0 Å². The highest BCUT2D eigenvalue weighted by molar-refractivity contribution is 7.26. The Labute approximate surface area is 749 Å². The molecule has 4 aromatic heterocycles. The van der Waals surface area contributed by atoms with E-state index in [-0.39, 0.29) is 0 Å². The molecule has 4 heterocycles. The summed E-state index contributed by atoms with van der Waals surface area (Å²) in [4.78, 5) is 4.89. The molecule has 0 atom stereocenters. The van der Waals surface area contributed by atoms with Crippen molar-refractivity contribution in [2.45, 2.75) is 0 Å². The molecular weight excluding hydrogens is 1590 g/mol. The normalized spacial score (nSPS) is 11.8. The average Bonchev–Trinajstić information content (AvgIpc) is 1.60. The van der Waals surface area contributed by atoms with Gasteiger partial charge in [-0.3, -0.25) is 0 Å². The van der Waals surface area contributed by atoms with Crippen LogP contribution in [0.1, 0.15) is 0 Å². The van der Waals surface area contributed by atoms with Crippen LogP contribution in [0.3, 0.4) is 0 Å². The van der Waals surface area contributed by atoms with Crippen molar-refractivity contribution in [3.8, 4) is 100 Å². The second-order valence-electron chi connectivity index (χ2n) is 33.4. The quantitative estimate of drug-likeness (QED) is 0.0959. The van der Waals surface area contributed by atoms with E-state index in [0.717, 1.165) is 73.3 Å². The van der Waals surface area contributed by atoms with Crippen molar-refractivity contribution >= 4 is 162 Å². The lowest BCUT2D eigenvalue weighted by molar-refractivity contribution is 1.18. The van der Waals surface area contributed by atoms with Crippen LogP contribution in [0.5, 0.6) is 0 Å². The summed E-state index contributed by atoms with van der Waals surface area (Å²) in [6.07, 6.45) is 0. The van der Waals surface area contributed by atoms with Crippen molar-refractivity contribution in [1.29, 1.82) is 0 Å². The Hall–Kier alpha value is -16.2. The molecule has 0 radical (unpaired) electrons. The first kappa shape index (κ1) is 74.4. The Morgan fingerprint density at radius 1 is 0.164 bits per heavy atom. The number of nitrogens with zero attached hydrogens (tertiary/aromatic N) is 4. The monoisotopic (exact) mass is 1660 g/mol. The van der Waals surface area contributed by atoms with Crippen LogP contribution in [0.25, 0.3) is 206 Å². The lowest BCUT2D eigenvalue weighted by Crippen LogP contribution is -2.11. The molecule has 0 saturated heterocycles. The fourth-order valence-corrected chi connectivity index (χ4v) is 22.4. The maximum atomic E-state index is 2.45. The molecule has 4 nitrogen and oxygen atoms in total. The van der Waals surface area contributed by atoms with Crippen LogP contribution in [0.4, 0.5) is 34.1 Å². The predicted octanol–water partition coefficient (Wildman–Crippen LogP) is 35.2. The van der Waals surface area contributed by atoms with Crippen LogP contribution >= 0.6 is 22.7 Å². The number of hydrogen-bond acceptors (Lipinski definition) is 4. The third-order valence-corrected chi connectivity index (χ3v) is 28.4. The summed E-state index contributed by atoms with van der Waals surface area (Å²) in [5.74, 6) is 0. The predicted molar refractivity (Wildman–Crippen MR) is 549 cm³/mol. The zero-order valence-electron chi connectivity index (χ0n) is 69.6. The van der Waals surface area contributed by atoms with E-state index in [1.165, 1.54) is 167 Å². The van der Waals surface area contributed by atoms with Gasteiger partial charge in [0.05, 0.1) is 44.8 Å². The van der Waals surface area contributed by atoms with Crippen LogP contribution in [0.15, 0.2) is 473 Å². The molecule has 0 amide bonds. The van der Waals surface area contributed by atoms with Crippen molar-refractivity contribution in [2.24, 2.45) is 0 Å². The van der Waals surface area contributed by atoms with E-state index in [4.69, 9.17) is 0 Å². The molecule has 598 valence electrons. The molecule has 0 aliphatic rings. The summed E-state index contributed by atoms with van der Waals surface area (Å²) >= 11 is 3.73. The number of anilines is 6. The smallest absolute Gasteiger partial charge is 0.0541 e. The zero-order chi connectivity index (χ0) is 84.3. The third-order valence-electron chi connectivity index (χ3n) is 26.2. The molecule has 25 aromatic rings. The van der Waals surface area contributed by atoms with Gasteiger partial charge in [0.1, 0.15) is 0 Å². The number of thiophene rings is 2. The number of hydrogen-bond donors (Lipinski definition) is 0. The van der Waals surface area contributed by atoms with Gasteiger partial charge in [-0.25, -0.2) is 0 Å². The second-order valence-corrected chi connectivity index (χ2v) is 35.5. The van der Waals surface area contributed by atoms with E-state index >= 15 is 0 Å². The molecule has 0 N–H and O–H groups in total. The molecule has 25 rings (SSSR count). The number of para-hydroxylation sites is 8. The summed E-state index contributed by atoms with van der Waals surface area (Å²) in [5.41, 5.74) is 32.3. The minimum atomic E-state index is 1.06. The van der Waals surface area contributed by atoms with E-state index in [2.05, 4.69) is 492 Å². The maximum absolute atomic E-state index is 2.45. The van der Waals surface area contributed by atoms with Gasteiger partial charge in [-0.05, 0) is 228 Å². The van der Waals surface area contributed by atoms with Crippen LogP contribution in [-0.4, -0.2) is 9.13 Å². The topological polar surface area (TPSA) is 16.3 Å². The molecule has 0 fully saturated rings. The summed E-state index contributed by atoms with van der Waals surface area (Å²) in [6.45, 7) is 0. The van der Waals surface area contributed by atoms with Crippen LogP contribution < -0.4 is 9.80 Å². The van der Waals surface area contributed by atoms with Gasteiger partial charge in [0, 0.05) is 107 Å². The van der Waals surface area contributed by atoms with Crippen molar-refractivity contribution < 1.29 is 0 Å². The van der Waals surface area contributed by atoms with Crippen molar-refractivity contribution in [2.75, 3.05) is 9.80 Å². The molecule has 0 bridgehead atoms. The first-order valence-corrected chi connectivity index (χ1v) is 45.5. The Bertz CT molecular complexity index is 8580. The van der Waals surface area contributed by atoms with Crippen molar-refractivity contribution in [1.82, 2.24) is 9.13 Å². The fraction of sp³-hybridized carbons (Fsp3) is 0. The lowest BCUT2D eigenvalue weighted by Gasteiger charge is -2.28. The van der Waals surface area contributed by atoms with Crippen LogP contribution in [-0.2, 0) is 0 Å². The largest absolute Gasteiger partial charge is 0.310 e. The van der Waals surface area contributed by atoms with E-state index in [1.807, 2.05) is 22.7 Å². The number of fused-ring (bicyclic) bond motifs is 14. The standard InChI is InChI=1S/C122H78N4S2/c1-2-24-87-75-88(54-51-79(87)23-1)83-59-68-94(69-60-83)124(96-72-63-86(64-73-96)98-26-4-13-37-110(98)126-115-42-18-7-29-101(115)102-30-8-19-43-116(102)126)112-39-15-10-32-104(112)106-35-22-46-119-122(106)108-74-65-91(78-120(108)128-119)90-56-53-84-52-55-89(76-92(84)77-90)82-49-47-80(48-50-82)81-57-66-93(67-58-81)123(111-38-14-9-31-103(111)105-34-21-45-118-121(105)107-33-11-20-44-117(107)127-118)95-70-61-85(62-71-95)97-25-3-12-36-109(97)125-113-40-16-5-27-99(113)100-28-6-17-41-114(100)125/h1-78H. The highest BCUT2D eigenvalue weighted by Gasteiger charge is 2.26. The van der Waals surface area contributed by atoms with Gasteiger partial charge in [-0.1, -0.05) is 334 Å². The molecule has 0 saturated carbocycles. The van der Waals surface area contributed by atoms with E-state index in [0.29, 0.717) is 0 Å². The Morgan fingerprint density at radius 2 is 0.453 bits per heavy atom. The third kappa shape index (κ3) is 12.7. The van der Waals surface area contributed by atoms with Crippen LogP contribution in [0, 0.1) is 0 Å². The molecule has 128 heavy (non-hydrogen) atoms. The molecule has 0 spiro atoms. The number of rotatable bonds is 16. The van der Waals surface area contributed by atoms with Crippen molar-refractivity contribution in [3.05, 3.63) is 473 Å². The van der Waals surface area contributed by atoms with Gasteiger partial charge in [0.25, 0.3) is 0 Å². The molecule has 0 aliphatic carbocycles. The first-order valence-electron chi connectivity index (χ1n) is 43.8. The summed E-state index contributed by atoms with van der Waals surface area (Å²) in [6, 6.07) is 175. The molecule has 21 aromatic carbocycles. The lowest BCUT2D eigenvalue weighted by atomic mass is 9.95. The van der Waals surface area contributed by atoms with Crippen LogP contribution in [0.2, 0.25) is 0 Å². The molecule has 6 heteroatoms. The van der Waals surface area contributed by atoms with Gasteiger partial charge in [-0.15, -0.1) is 22.7 Å². The summed E-state index contributed by atoms with van der Waals surface area (Å²) in [7, 11) is 0. The highest BCUT2D eigenvalue weighted by Crippen LogP contribution is 2.51. The SMILES string of the molecule is c1ccc(N(c2ccc(-c3ccc(-c4ccc5ccc(-c6ccc7c(c6)sc6cccc(-c8ccccc8N(c8ccc(-c9ccc%10ccccc%10c9)cc8)c8ccc(-c9ccccc9-n9c%10ccccc%10c%10ccccc%109)cc8)c67)cc5c4)cc3)cc2)c2ccc(-c3ccccc3-n3c4ccccc4c4ccccc43)cc2)c(-c2cccc3sc4ccccc4c23)c1. The first-order chi connectivity index (χ1) is 63.5. The van der Waals surface area contributed by atoms with E-state index < -0.39 is 0 Å². The van der Waals surface area contributed by atoms with E-state index in [1.54, 1.807) is 0 Å². The fourth-order valence-electron chi connectivity index (χ4n) is 20.1. The Balaban J connectivity index is 0.524. The molecule has 0 aliphatic heterocycles. The van der Waals surface area contributed by atoms with Gasteiger partial charge >= 0.3 is 0 Å². The molecular formula is C122H78N4S2. The van der Waals surface area contributed by atoms with Gasteiger partial charge in [-0.2, -0.15) is 0 Å². The van der Waals surface area contributed by atoms with Gasteiger partial charge in [0.2, 0.25) is 0 Å². The highest BCUT2D eigenvalue weighted by atomic mass is 32.1. The number of benzene rings is 21. The maximum Gasteiger partial charge on any atom is 0.0541 e. The van der Waals surface area contributed by atoms with E-state index in [9.17, 15) is 0 Å². The van der Waals surface area contributed by atoms with Crippen molar-refractivity contribution in [3.63, 3.8) is 0 Å². The second kappa shape index (κ2) is 30.9. The zero-order valence-corrected chi connectivity index (χ0v) is 71.3. The van der Waals surface area contributed by atoms with Gasteiger partial charge < -0.3 is 18.9 Å². The minimum absolute atomic E-state index is 1.06. The Morgan fingerprint density at radius 3 is 0.914 bits per heavy atom. The summed E-state index contributed by atoms with van der Waals surface area (Å²) in [5, 5.41) is 14.9. The molecule has 0 unspecified atom stereocenters.